The van der Waals surface area contributed by atoms with Crippen LogP contribution < -0.4 is 0 Å². The van der Waals surface area contributed by atoms with Crippen molar-refractivity contribution >= 4 is 15.3 Å². The third-order valence-corrected chi connectivity index (χ3v) is 4.71. The topological polar surface area (TPSA) is 44.8 Å². The molecule has 0 amide bonds. The molecule has 0 aliphatic heterocycles. The molecular formula is C12H24O4Si. The van der Waals surface area contributed by atoms with E-state index < -0.39 is 9.28 Å². The number of ether oxygens (including phenoxy) is 1. The molecule has 0 saturated heterocycles. The summed E-state index contributed by atoms with van der Waals surface area (Å²) in [6.45, 7) is 9.56. The van der Waals surface area contributed by atoms with Crippen molar-refractivity contribution in [2.24, 2.45) is 5.92 Å². The van der Waals surface area contributed by atoms with Gasteiger partial charge in [0, 0.05) is 19.3 Å². The van der Waals surface area contributed by atoms with E-state index in [4.69, 9.17) is 13.6 Å². The highest BCUT2D eigenvalue weighted by Gasteiger charge is 2.17. The second-order valence-corrected chi connectivity index (χ2v) is 5.81. The number of esters is 1. The second kappa shape index (κ2) is 10.5. The standard InChI is InChI=1S/C12H24O4Si/c1-5-8-12(13)14-9-11(4)10-17(15-6-2)16-7-3/h5,8,11,17H,6-7,9-10H2,1-4H3. The zero-order valence-corrected chi connectivity index (χ0v) is 12.4. The van der Waals surface area contributed by atoms with Crippen molar-refractivity contribution in [3.8, 4) is 0 Å². The van der Waals surface area contributed by atoms with Crippen molar-refractivity contribution in [3.63, 3.8) is 0 Å². The number of allylic oxidation sites excluding steroid dienone is 1. The Morgan fingerprint density at radius 2 is 1.88 bits per heavy atom. The van der Waals surface area contributed by atoms with Crippen molar-refractivity contribution in [3.05, 3.63) is 12.2 Å². The van der Waals surface area contributed by atoms with Crippen LogP contribution >= 0.6 is 0 Å². The third-order valence-electron chi connectivity index (χ3n) is 2.11. The summed E-state index contributed by atoms with van der Waals surface area (Å²) in [6.07, 6.45) is 3.09. The van der Waals surface area contributed by atoms with E-state index >= 15 is 0 Å². The van der Waals surface area contributed by atoms with Crippen LogP contribution in [0.5, 0.6) is 0 Å². The molecule has 0 aliphatic rings. The van der Waals surface area contributed by atoms with Crippen molar-refractivity contribution in [1.82, 2.24) is 0 Å². The second-order valence-electron chi connectivity index (χ2n) is 3.81. The molecule has 0 aromatic carbocycles. The lowest BCUT2D eigenvalue weighted by Crippen LogP contribution is -2.27. The average molecular weight is 260 g/mol. The Hall–Kier alpha value is -0.653. The first-order valence-corrected chi connectivity index (χ1v) is 7.92. The minimum absolute atomic E-state index is 0.277. The van der Waals surface area contributed by atoms with Crippen LogP contribution in [0.2, 0.25) is 6.04 Å². The summed E-state index contributed by atoms with van der Waals surface area (Å²) in [5.41, 5.74) is 0. The van der Waals surface area contributed by atoms with Gasteiger partial charge in [0.1, 0.15) is 0 Å². The zero-order chi connectivity index (χ0) is 13.1. The van der Waals surface area contributed by atoms with Crippen molar-refractivity contribution in [2.75, 3.05) is 19.8 Å². The average Bonchev–Trinajstić information content (AvgIpc) is 2.27. The zero-order valence-electron chi connectivity index (χ0n) is 11.3. The molecule has 17 heavy (non-hydrogen) atoms. The lowest BCUT2D eigenvalue weighted by Gasteiger charge is -2.18. The normalized spacial score (nSPS) is 13.2. The fourth-order valence-electron chi connectivity index (χ4n) is 1.36. The van der Waals surface area contributed by atoms with Gasteiger partial charge >= 0.3 is 15.3 Å². The van der Waals surface area contributed by atoms with Gasteiger partial charge in [-0.1, -0.05) is 13.0 Å². The van der Waals surface area contributed by atoms with Crippen LogP contribution in [-0.2, 0) is 18.4 Å². The molecule has 0 bridgehead atoms. The van der Waals surface area contributed by atoms with Crippen LogP contribution in [-0.4, -0.2) is 35.1 Å². The fourth-order valence-corrected chi connectivity index (χ4v) is 3.27. The van der Waals surface area contributed by atoms with Crippen LogP contribution in [0, 0.1) is 5.92 Å². The Morgan fingerprint density at radius 3 is 2.35 bits per heavy atom. The van der Waals surface area contributed by atoms with Crippen molar-refractivity contribution < 1.29 is 18.4 Å². The Kier molecular flexibility index (Phi) is 10.1. The van der Waals surface area contributed by atoms with Gasteiger partial charge in [-0.15, -0.1) is 0 Å². The van der Waals surface area contributed by atoms with E-state index in [1.165, 1.54) is 6.08 Å². The van der Waals surface area contributed by atoms with Gasteiger partial charge in [0.05, 0.1) is 6.61 Å². The Labute approximate surface area is 106 Å². The van der Waals surface area contributed by atoms with Gasteiger partial charge < -0.3 is 13.6 Å². The summed E-state index contributed by atoms with van der Waals surface area (Å²) in [7, 11) is -1.58. The summed E-state index contributed by atoms with van der Waals surface area (Å²) >= 11 is 0. The highest BCUT2D eigenvalue weighted by molar-refractivity contribution is 6.44. The molecule has 1 unspecified atom stereocenters. The fraction of sp³-hybridized carbons (Fsp3) is 0.750. The first kappa shape index (κ1) is 16.3. The van der Waals surface area contributed by atoms with Crippen molar-refractivity contribution in [1.29, 1.82) is 0 Å². The maximum atomic E-state index is 11.1. The number of hydrogen-bond donors (Lipinski definition) is 0. The summed E-state index contributed by atoms with van der Waals surface area (Å²) in [5.74, 6) is -0.00985. The van der Waals surface area contributed by atoms with E-state index in [2.05, 4.69) is 0 Å². The summed E-state index contributed by atoms with van der Waals surface area (Å²) in [4.78, 5) is 11.1. The lowest BCUT2D eigenvalue weighted by atomic mass is 10.2. The molecule has 1 atom stereocenters. The van der Waals surface area contributed by atoms with E-state index in [0.29, 0.717) is 19.8 Å². The quantitative estimate of drug-likeness (QED) is 0.361. The molecule has 4 nitrogen and oxygen atoms in total. The highest BCUT2D eigenvalue weighted by Crippen LogP contribution is 2.10. The first-order chi connectivity index (χ1) is 8.13. The summed E-state index contributed by atoms with van der Waals surface area (Å²) in [6, 6.07) is 0.866. The molecule has 0 rings (SSSR count). The molecule has 5 heteroatoms. The van der Waals surface area contributed by atoms with E-state index in [9.17, 15) is 4.79 Å². The van der Waals surface area contributed by atoms with Gasteiger partial charge in [-0.05, 0) is 32.7 Å². The van der Waals surface area contributed by atoms with Crippen molar-refractivity contribution in [2.45, 2.75) is 33.7 Å². The number of carbonyl (C=O) groups is 1. The smallest absolute Gasteiger partial charge is 0.330 e. The number of rotatable bonds is 9. The van der Waals surface area contributed by atoms with Crippen LogP contribution in [0.4, 0.5) is 0 Å². The van der Waals surface area contributed by atoms with Crippen LogP contribution in [0.3, 0.4) is 0 Å². The van der Waals surface area contributed by atoms with Gasteiger partial charge in [-0.3, -0.25) is 0 Å². The Bertz CT molecular complexity index is 225. The molecule has 0 fully saturated rings. The molecule has 0 radical (unpaired) electrons. The SMILES string of the molecule is CC=CC(=O)OCC(C)C[SiH](OCC)OCC. The summed E-state index contributed by atoms with van der Waals surface area (Å²) in [5, 5.41) is 0. The van der Waals surface area contributed by atoms with E-state index in [0.717, 1.165) is 6.04 Å². The van der Waals surface area contributed by atoms with Gasteiger partial charge in [-0.2, -0.15) is 0 Å². The Balaban J connectivity index is 3.88. The minimum Gasteiger partial charge on any atom is -0.462 e. The van der Waals surface area contributed by atoms with E-state index in [1.54, 1.807) is 13.0 Å². The van der Waals surface area contributed by atoms with E-state index in [-0.39, 0.29) is 11.9 Å². The summed E-state index contributed by atoms with van der Waals surface area (Å²) < 4.78 is 16.2. The highest BCUT2D eigenvalue weighted by atomic mass is 28.3. The molecule has 0 aliphatic carbocycles. The Morgan fingerprint density at radius 1 is 1.29 bits per heavy atom. The first-order valence-electron chi connectivity index (χ1n) is 6.16. The molecule has 0 N–H and O–H groups in total. The molecule has 0 saturated carbocycles. The molecule has 100 valence electrons. The van der Waals surface area contributed by atoms with Gasteiger partial charge in [0.2, 0.25) is 0 Å². The maximum absolute atomic E-state index is 11.1. The predicted molar refractivity (Wildman–Crippen MR) is 70.1 cm³/mol. The van der Waals surface area contributed by atoms with Gasteiger partial charge in [0.25, 0.3) is 0 Å². The number of carbonyl (C=O) groups excluding carboxylic acids is 1. The lowest BCUT2D eigenvalue weighted by molar-refractivity contribution is -0.138. The minimum atomic E-state index is -1.58. The predicted octanol–water partition coefficient (Wildman–Crippen LogP) is 2.04. The molecular weight excluding hydrogens is 236 g/mol. The van der Waals surface area contributed by atoms with Crippen LogP contribution in [0.25, 0.3) is 0 Å². The molecule has 0 heterocycles. The van der Waals surface area contributed by atoms with Gasteiger partial charge in [0.15, 0.2) is 0 Å². The molecule has 0 aromatic rings. The molecule has 0 spiro atoms. The van der Waals surface area contributed by atoms with Gasteiger partial charge in [-0.25, -0.2) is 4.79 Å². The number of hydrogen-bond acceptors (Lipinski definition) is 4. The largest absolute Gasteiger partial charge is 0.462 e. The van der Waals surface area contributed by atoms with Crippen LogP contribution in [0.15, 0.2) is 12.2 Å². The van der Waals surface area contributed by atoms with E-state index in [1.807, 2.05) is 20.8 Å². The monoisotopic (exact) mass is 260 g/mol. The maximum Gasteiger partial charge on any atom is 0.330 e. The molecule has 0 aromatic heterocycles. The van der Waals surface area contributed by atoms with Crippen LogP contribution in [0.1, 0.15) is 27.7 Å². The third kappa shape index (κ3) is 9.09.